The quantitative estimate of drug-likeness (QED) is 0.122. The van der Waals surface area contributed by atoms with Gasteiger partial charge in [-0.3, -0.25) is 0 Å². The smallest absolute Gasteiger partial charge is 0.136 e. The fourth-order valence-corrected chi connectivity index (χ4v) is 25.0. The van der Waals surface area contributed by atoms with Crippen molar-refractivity contribution in [3.8, 4) is 95.0 Å². The summed E-state index contributed by atoms with van der Waals surface area (Å²) in [5.41, 5.74) is 35.2. The van der Waals surface area contributed by atoms with Gasteiger partial charge in [-0.15, -0.1) is 22.7 Å². The Morgan fingerprint density at radius 1 is 0.248 bits per heavy atom. The predicted octanol–water partition coefficient (Wildman–Crippen LogP) is 38.1. The van der Waals surface area contributed by atoms with E-state index in [2.05, 4.69) is 493 Å². The number of thiophene rings is 2. The first-order chi connectivity index (χ1) is 69.6. The zero-order valence-electron chi connectivity index (χ0n) is 77.2. The highest BCUT2D eigenvalue weighted by Crippen LogP contribution is 2.55. The van der Waals surface area contributed by atoms with Crippen LogP contribution in [0.4, 0.5) is 21.5 Å². The van der Waals surface area contributed by atoms with Crippen molar-refractivity contribution in [3.05, 3.63) is 508 Å². The van der Waals surface area contributed by atoms with E-state index in [-0.39, 0.29) is 11.2 Å². The Morgan fingerprint density at radius 3 is 1.43 bits per heavy atom. The summed E-state index contributed by atoms with van der Waals surface area (Å²) >= 11 is 3.74. The van der Waals surface area contributed by atoms with Gasteiger partial charge in [-0.25, -0.2) is 4.39 Å². The van der Waals surface area contributed by atoms with Crippen LogP contribution in [-0.4, -0.2) is 13.7 Å². The van der Waals surface area contributed by atoms with Crippen LogP contribution in [0.5, 0.6) is 0 Å². The molecule has 0 amide bonds. The molecule has 664 valence electrons. The van der Waals surface area contributed by atoms with Crippen molar-refractivity contribution in [1.82, 2.24) is 13.7 Å². The van der Waals surface area contributed by atoms with Gasteiger partial charge in [0.15, 0.2) is 0 Å². The van der Waals surface area contributed by atoms with Crippen LogP contribution < -0.4 is 4.90 Å². The number of hydrogen-bond acceptors (Lipinski definition) is 4. The van der Waals surface area contributed by atoms with Crippen molar-refractivity contribution in [2.24, 2.45) is 0 Å². The van der Waals surface area contributed by atoms with Crippen molar-refractivity contribution < 1.29 is 8.81 Å². The van der Waals surface area contributed by atoms with Crippen LogP contribution in [0.1, 0.15) is 25.0 Å². The standard InChI is InChI=1S/C46H29NO.C45H31FN2S.C42H27NS/c1-4-14-30(15-5-1)34-22-12-20-33-26-38(32-18-8-3-9-19-32)42(27-37(33)34)47-41-24-13-23-35(31-16-6-2-7-17-31)46(41)40-29-45-39(28-43(40)47)36-21-10-11-25-44(36)48-45;1-45(2)37-15-8-6-13-32(37)33-24-23-31(25-38(33)45)47(29-11-4-3-5-12-29)39-16-10-17-40-44(39)36-27-43-35(34-14-7-9-18-42(34)49-43)26-41(36)48(40)30-21-19-28(46)20-22-30;1-3-13-28(14-4-1)32-17-7-8-18-33(32)29-23-25-31(26-24-29)43-37-21-11-9-20-35(37)41-38(43)27-36-34-19-10-12-22-39(34)44-42(36)40(41)30-15-5-2-6-16-30/h1-29H;3-27H,1-2H3;1-27H. The summed E-state index contributed by atoms with van der Waals surface area (Å²) in [6, 6.07) is 176. The molecule has 29 rings (SSSR count). The second kappa shape index (κ2) is 33.7. The molecule has 22 aromatic carbocycles. The van der Waals surface area contributed by atoms with Crippen molar-refractivity contribution in [2.45, 2.75) is 19.3 Å². The normalized spacial score (nSPS) is 12.3. The maximum Gasteiger partial charge on any atom is 0.136 e. The molecule has 0 aliphatic heterocycles. The van der Waals surface area contributed by atoms with Gasteiger partial charge in [0.1, 0.15) is 17.0 Å². The highest BCUT2D eigenvalue weighted by molar-refractivity contribution is 7.26. The highest BCUT2D eigenvalue weighted by Gasteiger charge is 2.37. The van der Waals surface area contributed by atoms with E-state index in [0.717, 1.165) is 83.5 Å². The number of furan rings is 1. The molecule has 0 bridgehead atoms. The van der Waals surface area contributed by atoms with Crippen molar-refractivity contribution >= 4 is 178 Å². The van der Waals surface area contributed by atoms with Crippen LogP contribution >= 0.6 is 22.7 Å². The van der Waals surface area contributed by atoms with Crippen LogP contribution in [-0.2, 0) is 5.41 Å². The van der Waals surface area contributed by atoms with Crippen molar-refractivity contribution in [3.63, 3.8) is 0 Å². The molecule has 6 aromatic heterocycles. The number of aromatic nitrogens is 3. The number of nitrogens with zero attached hydrogens (tertiary/aromatic N) is 4. The third-order valence-electron chi connectivity index (χ3n) is 29.0. The van der Waals surface area contributed by atoms with Crippen molar-refractivity contribution in [1.29, 1.82) is 0 Å². The number of para-hydroxylation sites is 3. The van der Waals surface area contributed by atoms with Crippen LogP contribution in [0.3, 0.4) is 0 Å². The van der Waals surface area contributed by atoms with Gasteiger partial charge in [0, 0.05) is 123 Å². The molecule has 5 nitrogen and oxygen atoms in total. The van der Waals surface area contributed by atoms with Gasteiger partial charge in [0.2, 0.25) is 0 Å². The minimum Gasteiger partial charge on any atom is -0.456 e. The SMILES string of the molecule is CC1(C)c2ccccc2-c2ccc(N(c3ccccc3)c3cccc4c3c3cc5sc6ccccc6c5cc3n4-c3ccc(F)cc3)cc21.c1ccc(-c2cc3cccc(-c4ccccc4)c3cc2-n2c3cc4c(cc3c3c(-c5ccccc5)cccc32)oc2ccccc24)cc1.c1ccc(-c2ccccc2-c2ccc(-n3c4ccccc4c4c(-c5ccccc5)c5sc6ccccc6c5cc43)cc2)cc1. The summed E-state index contributed by atoms with van der Waals surface area (Å²) < 4.78 is 33.2. The summed E-state index contributed by atoms with van der Waals surface area (Å²) in [7, 11) is 0. The summed E-state index contributed by atoms with van der Waals surface area (Å²) in [6.45, 7) is 4.67. The fraction of sp³-hybridized carbons (Fsp3) is 0.0226. The molecule has 28 aromatic rings. The van der Waals surface area contributed by atoms with Crippen LogP contribution in [0, 0.1) is 5.82 Å². The Morgan fingerprint density at radius 2 is 0.730 bits per heavy atom. The third-order valence-corrected chi connectivity index (χ3v) is 31.4. The first kappa shape index (κ1) is 82.9. The molecule has 1 aliphatic carbocycles. The second-order valence-corrected chi connectivity index (χ2v) is 39.4. The molecular formula is C133H87FN4OS2. The number of rotatable bonds is 12. The number of hydrogen-bond donors (Lipinski definition) is 0. The molecule has 1 aliphatic rings. The topological polar surface area (TPSA) is 31.2 Å². The fourth-order valence-electron chi connectivity index (χ4n) is 22.6. The van der Waals surface area contributed by atoms with Gasteiger partial charge in [0.05, 0.1) is 44.5 Å². The first-order valence-electron chi connectivity index (χ1n) is 48.2. The molecule has 0 fully saturated rings. The largest absolute Gasteiger partial charge is 0.456 e. The Labute approximate surface area is 821 Å². The van der Waals surface area contributed by atoms with E-state index < -0.39 is 0 Å². The highest BCUT2D eigenvalue weighted by atomic mass is 32.1. The van der Waals surface area contributed by atoms with E-state index in [1.54, 1.807) is 12.1 Å². The second-order valence-electron chi connectivity index (χ2n) is 37.3. The van der Waals surface area contributed by atoms with E-state index in [0.29, 0.717) is 0 Å². The average molecular weight is 1840 g/mol. The van der Waals surface area contributed by atoms with Gasteiger partial charge in [-0.1, -0.05) is 360 Å². The Hall–Kier alpha value is -17.5. The van der Waals surface area contributed by atoms with Crippen LogP contribution in [0.25, 0.3) is 233 Å². The first-order valence-corrected chi connectivity index (χ1v) is 49.8. The Bertz CT molecular complexity index is 9820. The van der Waals surface area contributed by atoms with Gasteiger partial charge >= 0.3 is 0 Å². The third kappa shape index (κ3) is 13.8. The minimum absolute atomic E-state index is 0.123. The number of anilines is 3. The van der Waals surface area contributed by atoms with E-state index in [4.69, 9.17) is 4.42 Å². The zero-order valence-corrected chi connectivity index (χ0v) is 78.8. The molecule has 141 heavy (non-hydrogen) atoms. The Balaban J connectivity index is 0.000000106. The summed E-state index contributed by atoms with van der Waals surface area (Å²) in [4.78, 5) is 2.41. The lowest BCUT2D eigenvalue weighted by molar-refractivity contribution is 0.627. The maximum absolute atomic E-state index is 14.3. The summed E-state index contributed by atoms with van der Waals surface area (Å²) in [5.74, 6) is -0.242. The van der Waals surface area contributed by atoms with E-state index >= 15 is 0 Å². The molecule has 6 heterocycles. The summed E-state index contributed by atoms with van der Waals surface area (Å²) in [6.07, 6.45) is 0. The Kier molecular flexibility index (Phi) is 19.8. The number of fused-ring (bicyclic) bond motifs is 22. The summed E-state index contributed by atoms with van der Waals surface area (Å²) in [5, 5.41) is 17.1. The van der Waals surface area contributed by atoms with Gasteiger partial charge in [0.25, 0.3) is 0 Å². The molecule has 0 spiro atoms. The van der Waals surface area contributed by atoms with Crippen LogP contribution in [0.2, 0.25) is 0 Å². The lowest BCUT2D eigenvalue weighted by Gasteiger charge is -2.28. The lowest BCUT2D eigenvalue weighted by atomic mass is 9.82. The molecule has 0 N–H and O–H groups in total. The van der Waals surface area contributed by atoms with E-state index in [9.17, 15) is 4.39 Å². The molecule has 0 unspecified atom stereocenters. The van der Waals surface area contributed by atoms with E-state index in [1.165, 1.54) is 178 Å². The van der Waals surface area contributed by atoms with Gasteiger partial charge in [-0.05, 0) is 234 Å². The average Bonchev–Trinajstić information content (AvgIpc) is 1.60. The minimum atomic E-state index is -0.242. The van der Waals surface area contributed by atoms with Gasteiger partial charge < -0.3 is 23.0 Å². The number of halogens is 1. The lowest BCUT2D eigenvalue weighted by Crippen LogP contribution is -2.16. The molecule has 0 saturated carbocycles. The maximum atomic E-state index is 14.3. The van der Waals surface area contributed by atoms with Gasteiger partial charge in [-0.2, -0.15) is 0 Å². The molecular weight excluding hydrogens is 1750 g/mol. The molecule has 0 radical (unpaired) electrons. The zero-order chi connectivity index (χ0) is 93.5. The molecule has 8 heteroatoms. The van der Waals surface area contributed by atoms with Crippen molar-refractivity contribution in [2.75, 3.05) is 4.90 Å². The number of benzene rings is 22. The predicted molar refractivity (Wildman–Crippen MR) is 598 cm³/mol. The van der Waals surface area contributed by atoms with E-state index in [1.807, 2.05) is 40.9 Å². The van der Waals surface area contributed by atoms with Crippen LogP contribution in [0.15, 0.2) is 496 Å². The monoisotopic (exact) mass is 1840 g/mol. The molecule has 0 atom stereocenters. The molecule has 0 saturated heterocycles.